The molecular formula is C25H21FN2O3. The number of carbonyl (C=O) groups excluding carboxylic acids is 2. The number of rotatable bonds is 5. The molecule has 1 N–H and O–H groups in total. The van der Waals surface area contributed by atoms with Crippen LogP contribution in [0.2, 0.25) is 0 Å². The fourth-order valence-electron chi connectivity index (χ4n) is 3.55. The van der Waals surface area contributed by atoms with Gasteiger partial charge in [0.25, 0.3) is 11.8 Å². The highest BCUT2D eigenvalue weighted by molar-refractivity contribution is 6.46. The minimum absolute atomic E-state index is 0.141. The van der Waals surface area contributed by atoms with E-state index in [0.29, 0.717) is 22.7 Å². The zero-order valence-corrected chi connectivity index (χ0v) is 17.4. The van der Waals surface area contributed by atoms with E-state index < -0.39 is 11.8 Å². The first kappa shape index (κ1) is 20.3. The number of amides is 2. The van der Waals surface area contributed by atoms with Crippen LogP contribution in [-0.4, -0.2) is 18.9 Å². The molecule has 2 amide bonds. The summed E-state index contributed by atoms with van der Waals surface area (Å²) in [4.78, 5) is 28.1. The monoisotopic (exact) mass is 416 g/mol. The Morgan fingerprint density at radius 3 is 2.19 bits per heavy atom. The van der Waals surface area contributed by atoms with Crippen LogP contribution >= 0.6 is 0 Å². The molecule has 1 aliphatic heterocycles. The van der Waals surface area contributed by atoms with Gasteiger partial charge < -0.3 is 10.1 Å². The molecule has 0 saturated heterocycles. The van der Waals surface area contributed by atoms with E-state index in [1.807, 2.05) is 26.0 Å². The molecule has 0 bridgehead atoms. The highest BCUT2D eigenvalue weighted by Crippen LogP contribution is 2.36. The number of hydrogen-bond acceptors (Lipinski definition) is 4. The molecule has 0 saturated carbocycles. The quantitative estimate of drug-likeness (QED) is 0.604. The molecule has 6 heteroatoms. The molecule has 0 unspecified atom stereocenters. The Morgan fingerprint density at radius 1 is 0.871 bits per heavy atom. The van der Waals surface area contributed by atoms with Crippen LogP contribution in [0.1, 0.15) is 16.7 Å². The lowest BCUT2D eigenvalue weighted by atomic mass is 10.0. The number of hydrogen-bond donors (Lipinski definition) is 1. The standard InChI is InChI=1S/C25H21FN2O3/c1-15-5-4-6-21(16(15)2)28-24(29)22(17-7-13-20(31-3)14-8-17)23(25(28)30)27-19-11-9-18(26)10-12-19/h4-14,27H,1-3H3. The van der Waals surface area contributed by atoms with Crippen molar-refractivity contribution in [1.82, 2.24) is 0 Å². The van der Waals surface area contributed by atoms with Crippen molar-refractivity contribution in [3.63, 3.8) is 0 Å². The second-order valence-electron chi connectivity index (χ2n) is 7.28. The third kappa shape index (κ3) is 3.68. The average molecular weight is 416 g/mol. The summed E-state index contributed by atoms with van der Waals surface area (Å²) in [5.74, 6) is -0.636. The number of aryl methyl sites for hydroxylation is 1. The van der Waals surface area contributed by atoms with Crippen molar-refractivity contribution in [3.8, 4) is 5.75 Å². The zero-order valence-electron chi connectivity index (χ0n) is 17.4. The van der Waals surface area contributed by atoms with Gasteiger partial charge in [-0.1, -0.05) is 24.3 Å². The molecule has 0 radical (unpaired) electrons. The summed E-state index contributed by atoms with van der Waals surface area (Å²) in [7, 11) is 1.56. The van der Waals surface area contributed by atoms with E-state index in [1.54, 1.807) is 37.4 Å². The number of ether oxygens (including phenoxy) is 1. The van der Waals surface area contributed by atoms with E-state index in [4.69, 9.17) is 4.74 Å². The predicted molar refractivity (Wildman–Crippen MR) is 118 cm³/mol. The Bertz CT molecular complexity index is 1200. The topological polar surface area (TPSA) is 58.6 Å². The Hall–Kier alpha value is -3.93. The molecule has 156 valence electrons. The van der Waals surface area contributed by atoms with Gasteiger partial charge in [0.2, 0.25) is 0 Å². The molecule has 0 aliphatic carbocycles. The van der Waals surface area contributed by atoms with E-state index in [1.165, 1.54) is 29.2 Å². The van der Waals surface area contributed by atoms with Crippen molar-refractivity contribution in [3.05, 3.63) is 94.9 Å². The summed E-state index contributed by atoms with van der Waals surface area (Å²) in [5.41, 5.74) is 3.84. The highest BCUT2D eigenvalue weighted by Gasteiger charge is 2.40. The molecule has 1 heterocycles. The first-order valence-electron chi connectivity index (χ1n) is 9.77. The number of benzene rings is 3. The third-order valence-electron chi connectivity index (χ3n) is 5.39. The summed E-state index contributed by atoms with van der Waals surface area (Å²) >= 11 is 0. The lowest BCUT2D eigenvalue weighted by molar-refractivity contribution is -0.120. The summed E-state index contributed by atoms with van der Waals surface area (Å²) in [6.07, 6.45) is 0. The summed E-state index contributed by atoms with van der Waals surface area (Å²) < 4.78 is 18.5. The van der Waals surface area contributed by atoms with Gasteiger partial charge in [-0.2, -0.15) is 0 Å². The molecule has 3 aromatic carbocycles. The average Bonchev–Trinajstić information content (AvgIpc) is 3.01. The van der Waals surface area contributed by atoms with Gasteiger partial charge in [-0.25, -0.2) is 9.29 Å². The molecule has 3 aromatic rings. The second-order valence-corrected chi connectivity index (χ2v) is 7.28. The first-order chi connectivity index (χ1) is 14.9. The highest BCUT2D eigenvalue weighted by atomic mass is 19.1. The minimum Gasteiger partial charge on any atom is -0.497 e. The van der Waals surface area contributed by atoms with Crippen molar-refractivity contribution in [2.45, 2.75) is 13.8 Å². The van der Waals surface area contributed by atoms with Crippen molar-refractivity contribution in [1.29, 1.82) is 0 Å². The smallest absolute Gasteiger partial charge is 0.282 e. The van der Waals surface area contributed by atoms with Gasteiger partial charge in [0.15, 0.2) is 0 Å². The lowest BCUT2D eigenvalue weighted by Gasteiger charge is -2.19. The summed E-state index contributed by atoms with van der Waals surface area (Å²) in [5, 5.41) is 3.03. The summed E-state index contributed by atoms with van der Waals surface area (Å²) in [6.45, 7) is 3.81. The fourth-order valence-corrected chi connectivity index (χ4v) is 3.55. The third-order valence-corrected chi connectivity index (χ3v) is 5.39. The van der Waals surface area contributed by atoms with E-state index in [0.717, 1.165) is 11.1 Å². The fraction of sp³-hybridized carbons (Fsp3) is 0.120. The molecule has 0 atom stereocenters. The Morgan fingerprint density at radius 2 is 1.55 bits per heavy atom. The number of imide groups is 1. The van der Waals surface area contributed by atoms with Crippen LogP contribution in [0.3, 0.4) is 0 Å². The summed E-state index contributed by atoms with van der Waals surface area (Å²) in [6, 6.07) is 18.1. The Balaban J connectivity index is 1.83. The minimum atomic E-state index is -0.464. The van der Waals surface area contributed by atoms with Crippen molar-refractivity contribution >= 4 is 28.8 Å². The Labute approximate surface area is 179 Å². The van der Waals surface area contributed by atoms with E-state index >= 15 is 0 Å². The van der Waals surface area contributed by atoms with Crippen molar-refractivity contribution in [2.75, 3.05) is 17.3 Å². The van der Waals surface area contributed by atoms with Gasteiger partial charge in [0.05, 0.1) is 18.4 Å². The normalized spacial score (nSPS) is 13.7. The molecular weight excluding hydrogens is 395 g/mol. The molecule has 5 nitrogen and oxygen atoms in total. The van der Waals surface area contributed by atoms with Gasteiger partial charge in [0.1, 0.15) is 17.3 Å². The molecule has 0 aromatic heterocycles. The van der Waals surface area contributed by atoms with Crippen LogP contribution in [0.25, 0.3) is 5.57 Å². The first-order valence-corrected chi connectivity index (χ1v) is 9.77. The van der Waals surface area contributed by atoms with Crippen molar-refractivity contribution in [2.24, 2.45) is 0 Å². The van der Waals surface area contributed by atoms with E-state index in [2.05, 4.69) is 5.32 Å². The second kappa shape index (κ2) is 8.07. The maximum atomic E-state index is 13.5. The van der Waals surface area contributed by atoms with E-state index in [-0.39, 0.29) is 17.1 Å². The Kier molecular flexibility index (Phi) is 5.29. The zero-order chi connectivity index (χ0) is 22.1. The number of anilines is 2. The number of carbonyl (C=O) groups is 2. The van der Waals surface area contributed by atoms with E-state index in [9.17, 15) is 14.0 Å². The molecule has 31 heavy (non-hydrogen) atoms. The van der Waals surface area contributed by atoms with Crippen LogP contribution in [0.15, 0.2) is 72.4 Å². The number of halogens is 1. The van der Waals surface area contributed by atoms with Gasteiger partial charge >= 0.3 is 0 Å². The molecule has 0 fully saturated rings. The van der Waals surface area contributed by atoms with Gasteiger partial charge in [0, 0.05) is 5.69 Å². The maximum absolute atomic E-state index is 13.5. The maximum Gasteiger partial charge on any atom is 0.282 e. The van der Waals surface area contributed by atoms with Gasteiger partial charge in [-0.05, 0) is 73.0 Å². The van der Waals surface area contributed by atoms with Crippen LogP contribution < -0.4 is 15.0 Å². The van der Waals surface area contributed by atoms with Crippen LogP contribution in [-0.2, 0) is 9.59 Å². The van der Waals surface area contributed by atoms with Gasteiger partial charge in [-0.3, -0.25) is 9.59 Å². The largest absolute Gasteiger partial charge is 0.497 e. The van der Waals surface area contributed by atoms with Crippen LogP contribution in [0, 0.1) is 19.7 Å². The number of nitrogens with zero attached hydrogens (tertiary/aromatic N) is 1. The SMILES string of the molecule is COc1ccc(C2=C(Nc3ccc(F)cc3)C(=O)N(c3cccc(C)c3C)C2=O)cc1. The lowest BCUT2D eigenvalue weighted by Crippen LogP contribution is -2.33. The predicted octanol–water partition coefficient (Wildman–Crippen LogP) is 4.85. The number of nitrogens with one attached hydrogen (secondary N) is 1. The molecule has 4 rings (SSSR count). The van der Waals surface area contributed by atoms with Gasteiger partial charge in [-0.15, -0.1) is 0 Å². The molecule has 1 aliphatic rings. The molecule has 0 spiro atoms. The van der Waals surface area contributed by atoms with Crippen LogP contribution in [0.4, 0.5) is 15.8 Å². The van der Waals surface area contributed by atoms with Crippen LogP contribution in [0.5, 0.6) is 5.75 Å². The number of methoxy groups -OCH3 is 1. The van der Waals surface area contributed by atoms with Crippen molar-refractivity contribution < 1.29 is 18.7 Å².